The molecule has 1 aromatic heterocycles. The first-order valence-corrected chi connectivity index (χ1v) is 11.3. The fraction of sp³-hybridized carbons (Fsp3) is 0.474. The van der Waals surface area contributed by atoms with Crippen molar-refractivity contribution < 1.29 is 17.9 Å². The number of thiazole rings is 1. The lowest BCUT2D eigenvalue weighted by Crippen LogP contribution is -2.23. The summed E-state index contributed by atoms with van der Waals surface area (Å²) >= 11 is 1.37. The van der Waals surface area contributed by atoms with E-state index in [2.05, 4.69) is 24.1 Å². The lowest BCUT2D eigenvalue weighted by molar-refractivity contribution is 0.102. The highest BCUT2D eigenvalue weighted by Gasteiger charge is 2.24. The summed E-state index contributed by atoms with van der Waals surface area (Å²) in [5.41, 5.74) is 1.05. The second kappa shape index (κ2) is 9.02. The Labute approximate surface area is 170 Å². The van der Waals surface area contributed by atoms with Gasteiger partial charge in [0.1, 0.15) is 15.5 Å². The quantitative estimate of drug-likeness (QED) is 0.699. The van der Waals surface area contributed by atoms with Crippen LogP contribution in [0.5, 0.6) is 5.75 Å². The van der Waals surface area contributed by atoms with Gasteiger partial charge in [-0.2, -0.15) is 0 Å². The van der Waals surface area contributed by atoms with Crippen LogP contribution < -0.4 is 10.1 Å². The first-order valence-electron chi connectivity index (χ1n) is 9.03. The summed E-state index contributed by atoms with van der Waals surface area (Å²) in [4.78, 5) is 17.7. The molecule has 0 bridgehead atoms. The number of carbonyl (C=O) groups excluding carboxylic acids is 1. The van der Waals surface area contributed by atoms with Crippen molar-refractivity contribution in [2.24, 2.45) is 5.92 Å². The zero-order valence-corrected chi connectivity index (χ0v) is 18.7. The molecule has 0 fully saturated rings. The summed E-state index contributed by atoms with van der Waals surface area (Å²) in [5.74, 6) is 0.399. The third-order valence-electron chi connectivity index (χ3n) is 3.89. The lowest BCUT2D eigenvalue weighted by atomic mass is 10.1. The third kappa shape index (κ3) is 5.09. The summed E-state index contributed by atoms with van der Waals surface area (Å²) in [6, 6.07) is 4.60. The van der Waals surface area contributed by atoms with Gasteiger partial charge in [0.05, 0.1) is 17.3 Å². The molecule has 28 heavy (non-hydrogen) atoms. The minimum atomic E-state index is -3.72. The number of benzene rings is 1. The molecular formula is C19H27N3O4S2. The van der Waals surface area contributed by atoms with E-state index in [-0.39, 0.29) is 16.6 Å². The highest BCUT2D eigenvalue weighted by atomic mass is 32.2. The van der Waals surface area contributed by atoms with Crippen LogP contribution in [0.1, 0.15) is 41.1 Å². The molecule has 1 heterocycles. The summed E-state index contributed by atoms with van der Waals surface area (Å²) in [6.45, 7) is 8.12. The van der Waals surface area contributed by atoms with Crippen LogP contribution >= 0.6 is 11.3 Å². The third-order valence-corrected chi connectivity index (χ3v) is 6.90. The van der Waals surface area contributed by atoms with Gasteiger partial charge in [0.15, 0.2) is 0 Å². The van der Waals surface area contributed by atoms with Crippen molar-refractivity contribution >= 4 is 33.0 Å². The molecule has 7 nitrogen and oxygen atoms in total. The first-order chi connectivity index (χ1) is 13.1. The van der Waals surface area contributed by atoms with Crippen LogP contribution in [0.4, 0.5) is 5.69 Å². The van der Waals surface area contributed by atoms with Crippen LogP contribution in [0.25, 0.3) is 0 Å². The Balaban J connectivity index is 2.34. The fourth-order valence-corrected chi connectivity index (χ4v) is 4.77. The van der Waals surface area contributed by atoms with Crippen molar-refractivity contribution in [1.82, 2.24) is 9.29 Å². The molecule has 0 unspecified atom stereocenters. The number of aryl methyl sites for hydroxylation is 1. The van der Waals surface area contributed by atoms with Crippen molar-refractivity contribution in [1.29, 1.82) is 0 Å². The molecule has 0 atom stereocenters. The van der Waals surface area contributed by atoms with Crippen molar-refractivity contribution in [3.05, 3.63) is 33.8 Å². The first kappa shape index (κ1) is 22.3. The predicted octanol–water partition coefficient (Wildman–Crippen LogP) is 3.55. The van der Waals surface area contributed by atoms with Gasteiger partial charge >= 0.3 is 0 Å². The Morgan fingerprint density at radius 2 is 2.00 bits per heavy atom. The van der Waals surface area contributed by atoms with Gasteiger partial charge in [-0.05, 0) is 38.0 Å². The molecule has 1 aromatic carbocycles. The van der Waals surface area contributed by atoms with Crippen LogP contribution in [-0.4, -0.2) is 44.3 Å². The van der Waals surface area contributed by atoms with E-state index < -0.39 is 10.0 Å². The Bertz CT molecular complexity index is 950. The van der Waals surface area contributed by atoms with E-state index in [9.17, 15) is 13.2 Å². The second-order valence-corrected chi connectivity index (χ2v) is 10.2. The average molecular weight is 426 g/mol. The van der Waals surface area contributed by atoms with Gasteiger partial charge in [0.25, 0.3) is 5.91 Å². The molecule has 1 N–H and O–H groups in total. The zero-order chi connectivity index (χ0) is 21.1. The van der Waals surface area contributed by atoms with Crippen molar-refractivity contribution in [3.63, 3.8) is 0 Å². The second-order valence-electron chi connectivity index (χ2n) is 6.96. The number of nitrogens with zero attached hydrogens (tertiary/aromatic N) is 2. The van der Waals surface area contributed by atoms with Gasteiger partial charge in [-0.15, -0.1) is 11.3 Å². The Morgan fingerprint density at radius 3 is 2.57 bits per heavy atom. The van der Waals surface area contributed by atoms with Crippen LogP contribution in [0.2, 0.25) is 0 Å². The van der Waals surface area contributed by atoms with Gasteiger partial charge in [-0.1, -0.05) is 13.8 Å². The van der Waals surface area contributed by atoms with E-state index in [0.29, 0.717) is 28.8 Å². The Hall–Kier alpha value is -1.97. The van der Waals surface area contributed by atoms with Gasteiger partial charge in [-0.25, -0.2) is 17.7 Å². The van der Waals surface area contributed by atoms with Gasteiger partial charge in [0, 0.05) is 26.2 Å². The average Bonchev–Trinajstić information content (AvgIpc) is 2.95. The van der Waals surface area contributed by atoms with Crippen molar-refractivity contribution in [2.45, 2.75) is 39.0 Å². The number of carbonyl (C=O) groups is 1. The number of rotatable bonds is 8. The molecule has 0 aliphatic heterocycles. The number of sulfonamides is 1. The monoisotopic (exact) mass is 425 g/mol. The molecule has 154 valence electrons. The topological polar surface area (TPSA) is 88.6 Å². The maximum atomic E-state index is 12.7. The molecule has 0 aliphatic carbocycles. The summed E-state index contributed by atoms with van der Waals surface area (Å²) in [7, 11) is -0.820. The van der Waals surface area contributed by atoms with E-state index in [0.717, 1.165) is 15.7 Å². The number of nitrogens with one attached hydrogen (secondary N) is 1. The van der Waals surface area contributed by atoms with E-state index in [1.165, 1.54) is 31.5 Å². The number of anilines is 1. The highest BCUT2D eigenvalue weighted by molar-refractivity contribution is 7.89. The standard InChI is InChI=1S/C19H27N3O4S2/c1-7-26-15-9-8-14(11-16(15)28(24,25)22(5)6)21-19(23)18-13(4)20-17(27-18)10-12(2)3/h8-9,11-12H,7,10H2,1-6H3,(H,21,23). The van der Waals surface area contributed by atoms with Crippen molar-refractivity contribution in [2.75, 3.05) is 26.0 Å². The minimum absolute atomic E-state index is 0.0127. The van der Waals surface area contributed by atoms with Crippen LogP contribution in [-0.2, 0) is 16.4 Å². The molecule has 9 heteroatoms. The minimum Gasteiger partial charge on any atom is -0.492 e. The van der Waals surface area contributed by atoms with E-state index >= 15 is 0 Å². The van der Waals surface area contributed by atoms with Crippen molar-refractivity contribution in [3.8, 4) is 5.75 Å². The van der Waals surface area contributed by atoms with Crippen LogP contribution in [0.15, 0.2) is 23.1 Å². The molecule has 0 aliphatic rings. The Morgan fingerprint density at radius 1 is 1.32 bits per heavy atom. The lowest BCUT2D eigenvalue weighted by Gasteiger charge is -2.16. The summed E-state index contributed by atoms with van der Waals surface area (Å²) < 4.78 is 31.8. The number of aromatic nitrogens is 1. The van der Waals surface area contributed by atoms with Gasteiger partial charge in [0.2, 0.25) is 10.0 Å². The smallest absolute Gasteiger partial charge is 0.267 e. The maximum Gasteiger partial charge on any atom is 0.267 e. The van der Waals surface area contributed by atoms with Gasteiger partial charge < -0.3 is 10.1 Å². The normalized spacial score (nSPS) is 11.9. The zero-order valence-electron chi connectivity index (χ0n) is 17.1. The van der Waals surface area contributed by atoms with Gasteiger partial charge in [-0.3, -0.25) is 4.79 Å². The molecule has 0 saturated heterocycles. The van der Waals surface area contributed by atoms with Crippen LogP contribution in [0, 0.1) is 12.8 Å². The largest absolute Gasteiger partial charge is 0.492 e. The summed E-state index contributed by atoms with van der Waals surface area (Å²) in [5, 5.41) is 3.70. The summed E-state index contributed by atoms with van der Waals surface area (Å²) in [6.07, 6.45) is 0.813. The number of ether oxygens (including phenoxy) is 1. The van der Waals surface area contributed by atoms with E-state index in [1.807, 2.05) is 0 Å². The molecule has 0 saturated carbocycles. The fourth-order valence-electron chi connectivity index (χ4n) is 2.55. The molecular weight excluding hydrogens is 398 g/mol. The molecule has 2 rings (SSSR count). The number of hydrogen-bond acceptors (Lipinski definition) is 6. The molecule has 1 amide bonds. The number of amides is 1. The van der Waals surface area contributed by atoms with E-state index in [1.54, 1.807) is 26.0 Å². The number of hydrogen-bond donors (Lipinski definition) is 1. The molecule has 0 spiro atoms. The molecule has 2 aromatic rings. The van der Waals surface area contributed by atoms with Crippen LogP contribution in [0.3, 0.4) is 0 Å². The highest BCUT2D eigenvalue weighted by Crippen LogP contribution is 2.30. The SMILES string of the molecule is CCOc1ccc(NC(=O)c2sc(CC(C)C)nc2C)cc1S(=O)(=O)N(C)C. The molecule has 0 radical (unpaired) electrons. The maximum absolute atomic E-state index is 12.7. The van der Waals surface area contributed by atoms with E-state index in [4.69, 9.17) is 4.74 Å². The predicted molar refractivity (Wildman–Crippen MR) is 112 cm³/mol. The Kier molecular flexibility index (Phi) is 7.19.